The van der Waals surface area contributed by atoms with Gasteiger partial charge < -0.3 is 4.98 Å². The SMILES string of the molecule is [2H]c1ccc[c-]c1-c1ncccc1C.[Ir]. The summed E-state index contributed by atoms with van der Waals surface area (Å²) in [6.07, 6.45) is 1.74. The van der Waals surface area contributed by atoms with Gasteiger partial charge in [-0.3, -0.25) is 0 Å². The Labute approximate surface area is 99.0 Å². The first-order valence-corrected chi connectivity index (χ1v) is 4.18. The van der Waals surface area contributed by atoms with E-state index in [0.29, 0.717) is 6.04 Å². The first-order chi connectivity index (χ1) is 6.79. The van der Waals surface area contributed by atoms with Crippen LogP contribution in [-0.2, 0) is 20.1 Å². The summed E-state index contributed by atoms with van der Waals surface area (Å²) in [6.45, 7) is 1.99. The quantitative estimate of drug-likeness (QED) is 0.712. The molecule has 0 N–H and O–H groups in total. The molecule has 0 amide bonds. The summed E-state index contributed by atoms with van der Waals surface area (Å²) in [5, 5.41) is 0. The average Bonchev–Trinajstić information content (AvgIpc) is 2.20. The van der Waals surface area contributed by atoms with Gasteiger partial charge in [0.2, 0.25) is 0 Å². The molecular formula is C12H10IrN-. The molecular weight excluding hydrogens is 350 g/mol. The van der Waals surface area contributed by atoms with Crippen LogP contribution in [0.25, 0.3) is 11.3 Å². The van der Waals surface area contributed by atoms with E-state index in [1.54, 1.807) is 12.3 Å². The largest absolute Gasteiger partial charge is 0.304 e. The first kappa shape index (κ1) is 9.57. The Kier molecular flexibility index (Phi) is 3.44. The van der Waals surface area contributed by atoms with Crippen LogP contribution in [-0.4, -0.2) is 4.98 Å². The minimum atomic E-state index is 0. The predicted octanol–water partition coefficient (Wildman–Crippen LogP) is 2.85. The van der Waals surface area contributed by atoms with E-state index < -0.39 is 0 Å². The molecule has 0 bridgehead atoms. The van der Waals surface area contributed by atoms with Gasteiger partial charge in [-0.05, 0) is 20.1 Å². The van der Waals surface area contributed by atoms with E-state index in [4.69, 9.17) is 1.37 Å². The molecule has 1 aromatic carbocycles. The normalized spacial score (nSPS) is 10.2. The molecule has 1 heterocycles. The Balaban J connectivity index is 0.00000112. The minimum Gasteiger partial charge on any atom is -0.304 e. The molecule has 0 spiro atoms. The van der Waals surface area contributed by atoms with Crippen LogP contribution in [0.15, 0.2) is 42.6 Å². The summed E-state index contributed by atoms with van der Waals surface area (Å²) < 4.78 is 7.73. The van der Waals surface area contributed by atoms with E-state index >= 15 is 0 Å². The predicted molar refractivity (Wildman–Crippen MR) is 53.2 cm³/mol. The molecule has 0 unspecified atom stereocenters. The van der Waals surface area contributed by atoms with Gasteiger partial charge in [-0.25, -0.2) is 0 Å². The number of nitrogens with zero attached hydrogens (tertiary/aromatic N) is 1. The molecule has 1 aromatic heterocycles. The van der Waals surface area contributed by atoms with E-state index in [1.807, 2.05) is 31.2 Å². The molecule has 1 nitrogen and oxygen atoms in total. The van der Waals surface area contributed by atoms with Gasteiger partial charge in [0.1, 0.15) is 0 Å². The van der Waals surface area contributed by atoms with Crippen molar-refractivity contribution in [3.05, 3.63) is 54.2 Å². The molecule has 73 valence electrons. The first-order valence-electron chi connectivity index (χ1n) is 4.68. The van der Waals surface area contributed by atoms with E-state index in [0.717, 1.165) is 16.8 Å². The zero-order valence-electron chi connectivity index (χ0n) is 8.74. The second-order valence-corrected chi connectivity index (χ2v) is 2.86. The molecule has 2 aromatic rings. The van der Waals surface area contributed by atoms with Gasteiger partial charge in [-0.15, -0.1) is 35.9 Å². The number of aryl methyl sites for hydroxylation is 1. The third kappa shape index (κ3) is 2.28. The van der Waals surface area contributed by atoms with Crippen molar-refractivity contribution in [2.75, 3.05) is 0 Å². The van der Waals surface area contributed by atoms with E-state index in [9.17, 15) is 0 Å². The zero-order chi connectivity index (χ0) is 9.97. The zero-order valence-corrected chi connectivity index (χ0v) is 10.1. The van der Waals surface area contributed by atoms with Gasteiger partial charge in [0.15, 0.2) is 0 Å². The summed E-state index contributed by atoms with van der Waals surface area (Å²) in [4.78, 5) is 4.26. The Bertz CT molecular complexity index is 413. The maximum atomic E-state index is 7.73. The molecule has 2 rings (SSSR count). The van der Waals surface area contributed by atoms with Crippen molar-refractivity contribution in [3.8, 4) is 11.3 Å². The minimum absolute atomic E-state index is 0. The van der Waals surface area contributed by atoms with E-state index in [1.165, 1.54) is 0 Å². The fourth-order valence-electron chi connectivity index (χ4n) is 1.24. The maximum Gasteiger partial charge on any atom is 0.0160 e. The molecule has 0 fully saturated rings. The monoisotopic (exact) mass is 362 g/mol. The Morgan fingerprint density at radius 1 is 1.36 bits per heavy atom. The molecule has 0 aliphatic rings. The molecule has 0 saturated heterocycles. The number of rotatable bonds is 1. The number of hydrogen-bond acceptors (Lipinski definition) is 1. The van der Waals surface area contributed by atoms with Crippen LogP contribution in [0.5, 0.6) is 0 Å². The van der Waals surface area contributed by atoms with Gasteiger partial charge in [-0.1, -0.05) is 11.6 Å². The topological polar surface area (TPSA) is 12.9 Å². The fourth-order valence-corrected chi connectivity index (χ4v) is 1.24. The summed E-state index contributed by atoms with van der Waals surface area (Å²) in [5.74, 6) is 0. The van der Waals surface area contributed by atoms with Crippen molar-refractivity contribution >= 4 is 0 Å². The van der Waals surface area contributed by atoms with Gasteiger partial charge in [0.05, 0.1) is 0 Å². The van der Waals surface area contributed by atoms with Crippen LogP contribution in [0.2, 0.25) is 0 Å². The van der Waals surface area contributed by atoms with Crippen molar-refractivity contribution in [2.24, 2.45) is 0 Å². The molecule has 2 heteroatoms. The third-order valence-corrected chi connectivity index (χ3v) is 1.89. The van der Waals surface area contributed by atoms with Crippen LogP contribution in [0.4, 0.5) is 0 Å². The summed E-state index contributed by atoms with van der Waals surface area (Å²) >= 11 is 0. The number of pyridine rings is 1. The van der Waals surface area contributed by atoms with Gasteiger partial charge >= 0.3 is 0 Å². The van der Waals surface area contributed by atoms with Crippen molar-refractivity contribution in [1.82, 2.24) is 4.98 Å². The van der Waals surface area contributed by atoms with Crippen LogP contribution in [0, 0.1) is 13.0 Å². The Morgan fingerprint density at radius 2 is 2.21 bits per heavy atom. The van der Waals surface area contributed by atoms with Crippen molar-refractivity contribution in [1.29, 1.82) is 0 Å². The molecule has 0 aliphatic heterocycles. The molecule has 0 saturated carbocycles. The van der Waals surface area contributed by atoms with Gasteiger partial charge in [-0.2, -0.15) is 0 Å². The van der Waals surface area contributed by atoms with Gasteiger partial charge in [0.25, 0.3) is 0 Å². The average molecular weight is 361 g/mol. The maximum absolute atomic E-state index is 7.73. The van der Waals surface area contributed by atoms with Crippen molar-refractivity contribution in [3.63, 3.8) is 0 Å². The Morgan fingerprint density at radius 3 is 2.93 bits per heavy atom. The van der Waals surface area contributed by atoms with Crippen LogP contribution in [0.3, 0.4) is 0 Å². The van der Waals surface area contributed by atoms with Crippen LogP contribution >= 0.6 is 0 Å². The summed E-state index contributed by atoms with van der Waals surface area (Å²) in [5.41, 5.74) is 2.69. The fraction of sp³-hybridized carbons (Fsp3) is 0.0833. The van der Waals surface area contributed by atoms with Crippen molar-refractivity contribution < 1.29 is 21.5 Å². The van der Waals surface area contributed by atoms with Crippen molar-refractivity contribution in [2.45, 2.75) is 6.92 Å². The summed E-state index contributed by atoms with van der Waals surface area (Å²) in [6, 6.07) is 12.8. The number of benzene rings is 1. The second kappa shape index (κ2) is 5.04. The van der Waals surface area contributed by atoms with E-state index in [2.05, 4.69) is 11.1 Å². The number of hydrogen-bond donors (Lipinski definition) is 0. The molecule has 1 radical (unpaired) electrons. The Hall–Kier alpha value is -0.981. The molecule has 0 atom stereocenters. The smallest absolute Gasteiger partial charge is 0.0160 e. The van der Waals surface area contributed by atoms with Crippen LogP contribution in [0.1, 0.15) is 6.93 Å². The van der Waals surface area contributed by atoms with Crippen LogP contribution < -0.4 is 0 Å². The van der Waals surface area contributed by atoms with Gasteiger partial charge in [0, 0.05) is 26.3 Å². The summed E-state index contributed by atoms with van der Waals surface area (Å²) in [7, 11) is 0. The van der Waals surface area contributed by atoms with E-state index in [-0.39, 0.29) is 20.1 Å². The third-order valence-electron chi connectivity index (χ3n) is 1.89. The molecule has 14 heavy (non-hydrogen) atoms. The standard InChI is InChI=1S/C12H10N.Ir/c1-10-6-5-9-13-12(10)11-7-3-2-4-8-11;/h2-7,9H,1H3;/q-1;/i7D;. The number of aromatic nitrogens is 1. The second-order valence-electron chi connectivity index (χ2n) is 2.86. The molecule has 0 aliphatic carbocycles.